The van der Waals surface area contributed by atoms with Gasteiger partial charge in [0.25, 0.3) is 0 Å². The van der Waals surface area contributed by atoms with E-state index in [1.165, 1.54) is 25.7 Å². The zero-order valence-corrected chi connectivity index (χ0v) is 9.25. The van der Waals surface area contributed by atoms with Crippen molar-refractivity contribution >= 4 is 0 Å². The number of furan rings is 1. The molecular formula is C12H21NO. The molecule has 1 aromatic heterocycles. The lowest BCUT2D eigenvalue weighted by atomic mass is 10.1. The molecule has 1 heterocycles. The van der Waals surface area contributed by atoms with Gasteiger partial charge in [-0.05, 0) is 25.0 Å². The van der Waals surface area contributed by atoms with Gasteiger partial charge in [0.15, 0.2) is 0 Å². The highest BCUT2D eigenvalue weighted by atomic mass is 16.3. The van der Waals surface area contributed by atoms with Crippen LogP contribution in [0.3, 0.4) is 0 Å². The van der Waals surface area contributed by atoms with E-state index >= 15 is 0 Å². The largest absolute Gasteiger partial charge is 0.468 e. The van der Waals surface area contributed by atoms with E-state index in [4.69, 9.17) is 4.42 Å². The predicted octanol–water partition coefficient (Wildman–Crippen LogP) is 3.34. The molecule has 1 aromatic rings. The SMILES string of the molecule is CCCC(CCC)NCc1ccco1. The lowest BCUT2D eigenvalue weighted by Crippen LogP contribution is -2.28. The maximum absolute atomic E-state index is 5.28. The molecule has 0 atom stereocenters. The molecule has 80 valence electrons. The molecule has 0 aliphatic carbocycles. The van der Waals surface area contributed by atoms with Gasteiger partial charge in [-0.1, -0.05) is 26.7 Å². The first-order valence-electron chi connectivity index (χ1n) is 5.62. The minimum atomic E-state index is 0.648. The number of hydrogen-bond donors (Lipinski definition) is 1. The van der Waals surface area contributed by atoms with E-state index < -0.39 is 0 Å². The van der Waals surface area contributed by atoms with Crippen molar-refractivity contribution in [3.63, 3.8) is 0 Å². The van der Waals surface area contributed by atoms with Crippen molar-refractivity contribution in [1.29, 1.82) is 0 Å². The normalized spacial score (nSPS) is 11.1. The topological polar surface area (TPSA) is 25.2 Å². The summed E-state index contributed by atoms with van der Waals surface area (Å²) in [5.74, 6) is 1.03. The van der Waals surface area contributed by atoms with Gasteiger partial charge in [0.1, 0.15) is 5.76 Å². The average molecular weight is 195 g/mol. The Morgan fingerprint density at radius 2 is 2.00 bits per heavy atom. The van der Waals surface area contributed by atoms with Gasteiger partial charge in [-0.2, -0.15) is 0 Å². The van der Waals surface area contributed by atoms with E-state index in [9.17, 15) is 0 Å². The second-order valence-electron chi connectivity index (χ2n) is 3.73. The van der Waals surface area contributed by atoms with Gasteiger partial charge in [-0.25, -0.2) is 0 Å². The van der Waals surface area contributed by atoms with E-state index in [-0.39, 0.29) is 0 Å². The van der Waals surface area contributed by atoms with Gasteiger partial charge in [-0.15, -0.1) is 0 Å². The van der Waals surface area contributed by atoms with Crippen LogP contribution in [-0.2, 0) is 6.54 Å². The summed E-state index contributed by atoms with van der Waals surface area (Å²) in [5, 5.41) is 3.53. The molecular weight excluding hydrogens is 174 g/mol. The van der Waals surface area contributed by atoms with Crippen molar-refractivity contribution in [1.82, 2.24) is 5.32 Å². The maximum atomic E-state index is 5.28. The number of rotatable bonds is 7. The molecule has 0 saturated carbocycles. The molecule has 0 unspecified atom stereocenters. The molecule has 1 rings (SSSR count). The van der Waals surface area contributed by atoms with Gasteiger partial charge in [0.05, 0.1) is 12.8 Å². The fourth-order valence-corrected chi connectivity index (χ4v) is 1.70. The van der Waals surface area contributed by atoms with E-state index in [0.717, 1.165) is 12.3 Å². The van der Waals surface area contributed by atoms with E-state index in [1.807, 2.05) is 12.1 Å². The second-order valence-corrected chi connectivity index (χ2v) is 3.73. The Kier molecular flexibility index (Phi) is 5.38. The molecule has 0 amide bonds. The third-order valence-electron chi connectivity index (χ3n) is 2.42. The van der Waals surface area contributed by atoms with Crippen LogP contribution in [0.25, 0.3) is 0 Å². The smallest absolute Gasteiger partial charge is 0.117 e. The summed E-state index contributed by atoms with van der Waals surface area (Å²) >= 11 is 0. The van der Waals surface area contributed by atoms with Crippen LogP contribution in [0.1, 0.15) is 45.3 Å². The van der Waals surface area contributed by atoms with Gasteiger partial charge >= 0.3 is 0 Å². The van der Waals surface area contributed by atoms with Gasteiger partial charge < -0.3 is 9.73 Å². The number of nitrogens with one attached hydrogen (secondary N) is 1. The Balaban J connectivity index is 2.25. The van der Waals surface area contributed by atoms with Crippen molar-refractivity contribution in [3.05, 3.63) is 24.2 Å². The molecule has 0 fully saturated rings. The summed E-state index contributed by atoms with van der Waals surface area (Å²) in [4.78, 5) is 0. The van der Waals surface area contributed by atoms with Crippen LogP contribution in [-0.4, -0.2) is 6.04 Å². The van der Waals surface area contributed by atoms with Crippen molar-refractivity contribution in [3.8, 4) is 0 Å². The molecule has 2 heteroatoms. The fourth-order valence-electron chi connectivity index (χ4n) is 1.70. The standard InChI is InChI=1S/C12H21NO/c1-3-6-11(7-4-2)13-10-12-8-5-9-14-12/h5,8-9,11,13H,3-4,6-7,10H2,1-2H3. The minimum Gasteiger partial charge on any atom is -0.468 e. The average Bonchev–Trinajstić information content (AvgIpc) is 2.67. The van der Waals surface area contributed by atoms with Crippen LogP contribution in [0.2, 0.25) is 0 Å². The summed E-state index contributed by atoms with van der Waals surface area (Å²) in [6, 6.07) is 4.60. The Labute approximate surface area is 86.7 Å². The van der Waals surface area contributed by atoms with Crippen LogP contribution < -0.4 is 5.32 Å². The van der Waals surface area contributed by atoms with Crippen molar-refractivity contribution < 1.29 is 4.42 Å². The Bertz CT molecular complexity index is 212. The van der Waals surface area contributed by atoms with Gasteiger partial charge in [-0.3, -0.25) is 0 Å². The Morgan fingerprint density at radius 3 is 2.50 bits per heavy atom. The first kappa shape index (κ1) is 11.3. The molecule has 0 aliphatic heterocycles. The van der Waals surface area contributed by atoms with Gasteiger partial charge in [0, 0.05) is 6.04 Å². The molecule has 0 bridgehead atoms. The Morgan fingerprint density at radius 1 is 1.29 bits per heavy atom. The van der Waals surface area contributed by atoms with Crippen molar-refractivity contribution in [2.45, 2.75) is 52.1 Å². The fraction of sp³-hybridized carbons (Fsp3) is 0.667. The molecule has 2 nitrogen and oxygen atoms in total. The van der Waals surface area contributed by atoms with Crippen LogP contribution >= 0.6 is 0 Å². The third kappa shape index (κ3) is 3.97. The quantitative estimate of drug-likeness (QED) is 0.722. The zero-order chi connectivity index (χ0) is 10.2. The van der Waals surface area contributed by atoms with Crippen molar-refractivity contribution in [2.75, 3.05) is 0 Å². The first-order chi connectivity index (χ1) is 6.86. The van der Waals surface area contributed by atoms with Crippen LogP contribution in [0.15, 0.2) is 22.8 Å². The highest BCUT2D eigenvalue weighted by Crippen LogP contribution is 2.06. The summed E-state index contributed by atoms with van der Waals surface area (Å²) in [6.07, 6.45) is 6.74. The molecule has 0 aromatic carbocycles. The molecule has 0 saturated heterocycles. The van der Waals surface area contributed by atoms with E-state index in [2.05, 4.69) is 19.2 Å². The van der Waals surface area contributed by atoms with Crippen LogP contribution in [0, 0.1) is 0 Å². The third-order valence-corrected chi connectivity index (χ3v) is 2.42. The lowest BCUT2D eigenvalue weighted by Gasteiger charge is -2.16. The van der Waals surface area contributed by atoms with Crippen LogP contribution in [0.4, 0.5) is 0 Å². The Hall–Kier alpha value is -0.760. The molecule has 0 aliphatic rings. The summed E-state index contributed by atoms with van der Waals surface area (Å²) in [7, 11) is 0. The predicted molar refractivity (Wildman–Crippen MR) is 59.2 cm³/mol. The highest BCUT2D eigenvalue weighted by Gasteiger charge is 2.06. The van der Waals surface area contributed by atoms with Gasteiger partial charge in [0.2, 0.25) is 0 Å². The number of hydrogen-bond acceptors (Lipinski definition) is 2. The zero-order valence-electron chi connectivity index (χ0n) is 9.25. The molecule has 0 spiro atoms. The highest BCUT2D eigenvalue weighted by molar-refractivity contribution is 4.97. The first-order valence-corrected chi connectivity index (χ1v) is 5.62. The minimum absolute atomic E-state index is 0.648. The summed E-state index contributed by atoms with van der Waals surface area (Å²) < 4.78 is 5.28. The van der Waals surface area contributed by atoms with E-state index in [1.54, 1.807) is 6.26 Å². The maximum Gasteiger partial charge on any atom is 0.117 e. The lowest BCUT2D eigenvalue weighted by molar-refractivity contribution is 0.407. The van der Waals surface area contributed by atoms with Crippen LogP contribution in [0.5, 0.6) is 0 Å². The van der Waals surface area contributed by atoms with E-state index in [0.29, 0.717) is 6.04 Å². The molecule has 1 N–H and O–H groups in total. The van der Waals surface area contributed by atoms with Crippen molar-refractivity contribution in [2.24, 2.45) is 0 Å². The molecule has 14 heavy (non-hydrogen) atoms. The monoisotopic (exact) mass is 195 g/mol. The molecule has 0 radical (unpaired) electrons. The summed E-state index contributed by atoms with van der Waals surface area (Å²) in [6.45, 7) is 5.33. The second kappa shape index (κ2) is 6.66. The summed E-state index contributed by atoms with van der Waals surface area (Å²) in [5.41, 5.74) is 0.